The van der Waals surface area contributed by atoms with Gasteiger partial charge in [0.2, 0.25) is 10.0 Å². The Morgan fingerprint density at radius 2 is 1.62 bits per heavy atom. The molecule has 0 atom stereocenters. The van der Waals surface area contributed by atoms with Gasteiger partial charge in [-0.2, -0.15) is 4.31 Å². The van der Waals surface area contributed by atoms with Gasteiger partial charge in [-0.1, -0.05) is 12.8 Å². The number of nitrogens with zero attached hydrogens (tertiary/aromatic N) is 1. The second kappa shape index (κ2) is 9.36. The van der Waals surface area contributed by atoms with E-state index in [1.165, 1.54) is 28.6 Å². The van der Waals surface area contributed by atoms with E-state index in [-0.39, 0.29) is 16.5 Å². The molecule has 29 heavy (non-hydrogen) atoms. The van der Waals surface area contributed by atoms with Crippen LogP contribution in [-0.2, 0) is 19.6 Å². The largest absolute Gasteiger partial charge is 0.452 e. The van der Waals surface area contributed by atoms with E-state index >= 15 is 0 Å². The van der Waals surface area contributed by atoms with Crippen LogP contribution in [-0.4, -0.2) is 56.4 Å². The first-order valence-corrected chi connectivity index (χ1v) is 11.2. The van der Waals surface area contributed by atoms with Crippen molar-refractivity contribution in [1.29, 1.82) is 0 Å². The third-order valence-electron chi connectivity index (χ3n) is 5.07. The van der Waals surface area contributed by atoms with Gasteiger partial charge in [0.15, 0.2) is 6.61 Å². The fraction of sp³-hybridized carbons (Fsp3) is 0.526. The lowest BCUT2D eigenvalue weighted by Crippen LogP contribution is -2.44. The molecule has 3 amide bonds. The minimum absolute atomic E-state index is 0.0701. The van der Waals surface area contributed by atoms with Crippen molar-refractivity contribution < 1.29 is 27.5 Å². The van der Waals surface area contributed by atoms with Crippen LogP contribution in [0.4, 0.5) is 4.79 Å². The van der Waals surface area contributed by atoms with Gasteiger partial charge in [-0.3, -0.25) is 10.1 Å². The molecule has 2 N–H and O–H groups in total. The zero-order valence-electron chi connectivity index (χ0n) is 16.1. The van der Waals surface area contributed by atoms with Gasteiger partial charge in [-0.05, 0) is 49.9 Å². The molecule has 0 unspecified atom stereocenters. The van der Waals surface area contributed by atoms with Crippen molar-refractivity contribution in [1.82, 2.24) is 14.9 Å². The Bertz CT molecular complexity index is 856. The van der Waals surface area contributed by atoms with Crippen LogP contribution in [0.1, 0.15) is 48.9 Å². The van der Waals surface area contributed by atoms with Gasteiger partial charge >= 0.3 is 12.0 Å². The molecular weight excluding hydrogens is 398 g/mol. The van der Waals surface area contributed by atoms with Gasteiger partial charge in [0, 0.05) is 19.1 Å². The number of hydrogen-bond donors (Lipinski definition) is 2. The molecule has 1 heterocycles. The fourth-order valence-corrected chi connectivity index (χ4v) is 5.03. The molecule has 0 radical (unpaired) electrons. The third-order valence-corrected chi connectivity index (χ3v) is 6.98. The van der Waals surface area contributed by atoms with Crippen LogP contribution in [0, 0.1) is 0 Å². The van der Waals surface area contributed by atoms with E-state index < -0.39 is 34.5 Å². The standard InChI is InChI=1S/C19H25N3O6S/c23-17(21-19(25)20-15-5-1-2-6-15)13-28-18(24)14-7-9-16(10-8-14)29(26,27)22-11-3-4-12-22/h7-10,15H,1-6,11-13H2,(H2,20,21,23,25). The van der Waals surface area contributed by atoms with E-state index in [4.69, 9.17) is 4.74 Å². The van der Waals surface area contributed by atoms with Gasteiger partial charge in [-0.25, -0.2) is 18.0 Å². The highest BCUT2D eigenvalue weighted by Gasteiger charge is 2.27. The number of ether oxygens (including phenoxy) is 1. The Kier molecular flexibility index (Phi) is 6.86. The Morgan fingerprint density at radius 3 is 2.24 bits per heavy atom. The Labute approximate surface area is 169 Å². The maximum absolute atomic E-state index is 12.5. The number of esters is 1. The highest BCUT2D eigenvalue weighted by molar-refractivity contribution is 7.89. The first-order chi connectivity index (χ1) is 13.9. The van der Waals surface area contributed by atoms with Crippen LogP contribution in [0.5, 0.6) is 0 Å². The molecule has 1 aliphatic heterocycles. The maximum Gasteiger partial charge on any atom is 0.338 e. The lowest BCUT2D eigenvalue weighted by Gasteiger charge is -2.15. The van der Waals surface area contributed by atoms with E-state index in [9.17, 15) is 22.8 Å². The van der Waals surface area contributed by atoms with E-state index in [0.29, 0.717) is 13.1 Å². The van der Waals surface area contributed by atoms with Gasteiger partial charge < -0.3 is 10.1 Å². The maximum atomic E-state index is 12.5. The predicted molar refractivity (Wildman–Crippen MR) is 104 cm³/mol. The molecule has 10 heteroatoms. The molecule has 9 nitrogen and oxygen atoms in total. The van der Waals surface area contributed by atoms with Crippen LogP contribution >= 0.6 is 0 Å². The molecule has 0 bridgehead atoms. The van der Waals surface area contributed by atoms with Gasteiger partial charge in [0.25, 0.3) is 5.91 Å². The zero-order chi connectivity index (χ0) is 20.9. The minimum atomic E-state index is -3.56. The van der Waals surface area contributed by atoms with Crippen LogP contribution in [0.25, 0.3) is 0 Å². The van der Waals surface area contributed by atoms with Crippen molar-refractivity contribution in [3.05, 3.63) is 29.8 Å². The van der Waals surface area contributed by atoms with Crippen molar-refractivity contribution in [2.24, 2.45) is 0 Å². The highest BCUT2D eigenvalue weighted by Crippen LogP contribution is 2.21. The molecule has 158 valence electrons. The zero-order valence-corrected chi connectivity index (χ0v) is 16.9. The quantitative estimate of drug-likeness (QED) is 0.667. The van der Waals surface area contributed by atoms with Crippen molar-refractivity contribution in [3.8, 4) is 0 Å². The molecule has 1 aromatic rings. The van der Waals surface area contributed by atoms with Crippen LogP contribution in [0.3, 0.4) is 0 Å². The molecule has 2 aliphatic rings. The Hall–Kier alpha value is -2.46. The highest BCUT2D eigenvalue weighted by atomic mass is 32.2. The molecule has 1 saturated carbocycles. The number of carbonyl (C=O) groups excluding carboxylic acids is 3. The molecule has 3 rings (SSSR count). The number of rotatable bonds is 6. The average molecular weight is 423 g/mol. The number of hydrogen-bond acceptors (Lipinski definition) is 6. The number of nitrogens with one attached hydrogen (secondary N) is 2. The summed E-state index contributed by atoms with van der Waals surface area (Å²) in [6, 6.07) is 4.85. The molecule has 1 aromatic carbocycles. The normalized spacial score (nSPS) is 17.8. The van der Waals surface area contributed by atoms with Gasteiger partial charge in [0.1, 0.15) is 0 Å². The predicted octanol–water partition coefficient (Wildman–Crippen LogP) is 1.40. The topological polar surface area (TPSA) is 122 Å². The monoisotopic (exact) mass is 423 g/mol. The SMILES string of the molecule is O=C(COC(=O)c1ccc(S(=O)(=O)N2CCCC2)cc1)NC(=O)NC1CCCC1. The first kappa shape index (κ1) is 21.3. The first-order valence-electron chi connectivity index (χ1n) is 9.74. The smallest absolute Gasteiger partial charge is 0.338 e. The van der Waals surface area contributed by atoms with Crippen LogP contribution in [0.2, 0.25) is 0 Å². The van der Waals surface area contributed by atoms with E-state index in [2.05, 4.69) is 10.6 Å². The van der Waals surface area contributed by atoms with E-state index in [0.717, 1.165) is 38.5 Å². The number of amides is 3. The van der Waals surface area contributed by atoms with Crippen molar-refractivity contribution in [3.63, 3.8) is 0 Å². The Morgan fingerprint density at radius 1 is 1.00 bits per heavy atom. The summed E-state index contributed by atoms with van der Waals surface area (Å²) in [5.74, 6) is -1.51. The summed E-state index contributed by atoms with van der Waals surface area (Å²) < 4.78 is 31.3. The second-order valence-electron chi connectivity index (χ2n) is 7.21. The summed E-state index contributed by atoms with van der Waals surface area (Å²) in [7, 11) is -3.56. The number of imide groups is 1. The summed E-state index contributed by atoms with van der Waals surface area (Å²) in [4.78, 5) is 35.7. The molecule has 1 saturated heterocycles. The molecule has 0 aromatic heterocycles. The lowest BCUT2D eigenvalue weighted by molar-refractivity contribution is -0.123. The van der Waals surface area contributed by atoms with E-state index in [1.807, 2.05) is 0 Å². The van der Waals surface area contributed by atoms with E-state index in [1.54, 1.807) is 0 Å². The summed E-state index contributed by atoms with van der Waals surface area (Å²) in [5, 5.41) is 4.82. The third kappa shape index (κ3) is 5.54. The molecule has 0 spiro atoms. The number of sulfonamides is 1. The van der Waals surface area contributed by atoms with Crippen molar-refractivity contribution in [2.75, 3.05) is 19.7 Å². The summed E-state index contributed by atoms with van der Waals surface area (Å²) in [6.07, 6.45) is 5.55. The van der Waals surface area contributed by atoms with Crippen LogP contribution in [0.15, 0.2) is 29.2 Å². The second-order valence-corrected chi connectivity index (χ2v) is 9.15. The minimum Gasteiger partial charge on any atom is -0.452 e. The molecule has 2 fully saturated rings. The molecular formula is C19H25N3O6S. The number of benzene rings is 1. The Balaban J connectivity index is 1.47. The summed E-state index contributed by atoms with van der Waals surface area (Å²) >= 11 is 0. The van der Waals surface area contributed by atoms with Gasteiger partial charge in [0.05, 0.1) is 10.5 Å². The summed E-state index contributed by atoms with van der Waals surface area (Å²) in [6.45, 7) is 0.385. The van der Waals surface area contributed by atoms with Crippen LogP contribution < -0.4 is 10.6 Å². The van der Waals surface area contributed by atoms with Crippen molar-refractivity contribution in [2.45, 2.75) is 49.5 Å². The number of urea groups is 1. The fourth-order valence-electron chi connectivity index (χ4n) is 3.51. The lowest BCUT2D eigenvalue weighted by atomic mass is 10.2. The van der Waals surface area contributed by atoms with Crippen molar-refractivity contribution >= 4 is 27.9 Å². The van der Waals surface area contributed by atoms with Gasteiger partial charge in [-0.15, -0.1) is 0 Å². The number of carbonyl (C=O) groups is 3. The molecule has 1 aliphatic carbocycles. The summed E-state index contributed by atoms with van der Waals surface area (Å²) in [5.41, 5.74) is 0.119. The average Bonchev–Trinajstić information content (AvgIpc) is 3.40.